The highest BCUT2D eigenvalue weighted by Crippen LogP contribution is 2.60. The first-order valence-electron chi connectivity index (χ1n) is 7.22. The Hall–Kier alpha value is -0.520. The molecule has 2 saturated carbocycles. The second kappa shape index (κ2) is 4.63. The maximum atomic E-state index is 5.35. The van der Waals surface area contributed by atoms with Crippen molar-refractivity contribution in [3.8, 4) is 12.3 Å². The molecule has 2 heteroatoms. The molecule has 1 N–H and O–H groups in total. The summed E-state index contributed by atoms with van der Waals surface area (Å²) in [6, 6.07) is 0.750. The molecule has 1 aliphatic heterocycles. The van der Waals surface area contributed by atoms with Crippen molar-refractivity contribution in [1.82, 2.24) is 10.2 Å². The van der Waals surface area contributed by atoms with E-state index < -0.39 is 0 Å². The minimum absolute atomic E-state index is 0.746. The quantitative estimate of drug-likeness (QED) is 0.728. The third-order valence-corrected chi connectivity index (χ3v) is 4.98. The Morgan fingerprint density at radius 3 is 2.41 bits per heavy atom. The number of hydrogen-bond donors (Lipinski definition) is 1. The van der Waals surface area contributed by atoms with Gasteiger partial charge < -0.3 is 5.32 Å². The van der Waals surface area contributed by atoms with Gasteiger partial charge in [-0.1, -0.05) is 5.92 Å². The van der Waals surface area contributed by atoms with E-state index in [1.54, 1.807) is 0 Å². The first-order chi connectivity index (χ1) is 8.32. The monoisotopic (exact) mass is 232 g/mol. The minimum atomic E-state index is 0.746. The molecule has 3 fully saturated rings. The standard InChI is InChI=1S/C15H24N2/c1-2-9-17-10-5-14(6-11-17)16-12-15(7-8-15)13-3-4-13/h1,13-14,16H,3-12H2. The zero-order valence-corrected chi connectivity index (χ0v) is 10.8. The van der Waals surface area contributed by atoms with E-state index in [1.807, 2.05) is 0 Å². The summed E-state index contributed by atoms with van der Waals surface area (Å²) in [4.78, 5) is 2.39. The van der Waals surface area contributed by atoms with Crippen molar-refractivity contribution in [2.24, 2.45) is 11.3 Å². The maximum Gasteiger partial charge on any atom is 0.0598 e. The number of rotatable bonds is 5. The molecule has 0 amide bonds. The lowest BCUT2D eigenvalue weighted by molar-refractivity contribution is 0.210. The Morgan fingerprint density at radius 1 is 1.18 bits per heavy atom. The van der Waals surface area contributed by atoms with Crippen LogP contribution in [0, 0.1) is 23.7 Å². The topological polar surface area (TPSA) is 15.3 Å². The van der Waals surface area contributed by atoms with E-state index in [4.69, 9.17) is 6.42 Å². The zero-order chi connectivity index (χ0) is 11.7. The first kappa shape index (κ1) is 11.6. The highest BCUT2D eigenvalue weighted by molar-refractivity contribution is 5.05. The second-order valence-corrected chi connectivity index (χ2v) is 6.27. The Morgan fingerprint density at radius 2 is 1.88 bits per heavy atom. The SMILES string of the molecule is C#CCN1CCC(NCC2(C3CC3)CC2)CC1. The van der Waals surface area contributed by atoms with Crippen molar-refractivity contribution in [1.29, 1.82) is 0 Å². The third-order valence-electron chi connectivity index (χ3n) is 4.98. The number of likely N-dealkylation sites (tertiary alicyclic amines) is 1. The van der Waals surface area contributed by atoms with Gasteiger partial charge in [0.15, 0.2) is 0 Å². The van der Waals surface area contributed by atoms with Crippen LogP contribution in [0.5, 0.6) is 0 Å². The van der Waals surface area contributed by atoms with Crippen LogP contribution >= 0.6 is 0 Å². The number of hydrogen-bond acceptors (Lipinski definition) is 2. The predicted octanol–water partition coefficient (Wildman–Crippen LogP) is 1.86. The van der Waals surface area contributed by atoms with Crippen molar-refractivity contribution in [2.45, 2.75) is 44.6 Å². The lowest BCUT2D eigenvalue weighted by Crippen LogP contribution is -2.44. The molecule has 0 radical (unpaired) electrons. The summed E-state index contributed by atoms with van der Waals surface area (Å²) in [5, 5.41) is 3.83. The fourth-order valence-corrected chi connectivity index (χ4v) is 3.36. The van der Waals surface area contributed by atoms with Gasteiger partial charge in [-0.05, 0) is 49.9 Å². The smallest absolute Gasteiger partial charge is 0.0598 e. The van der Waals surface area contributed by atoms with Gasteiger partial charge in [0.05, 0.1) is 6.54 Å². The van der Waals surface area contributed by atoms with Gasteiger partial charge in [0, 0.05) is 25.7 Å². The van der Waals surface area contributed by atoms with E-state index in [0.29, 0.717) is 0 Å². The van der Waals surface area contributed by atoms with Crippen LogP contribution in [0.3, 0.4) is 0 Å². The van der Waals surface area contributed by atoms with Crippen LogP contribution in [0.25, 0.3) is 0 Å². The molecule has 0 spiro atoms. The molecule has 0 bridgehead atoms. The summed E-state index contributed by atoms with van der Waals surface area (Å²) in [5.41, 5.74) is 0.746. The van der Waals surface area contributed by atoms with Crippen LogP contribution in [-0.4, -0.2) is 37.1 Å². The van der Waals surface area contributed by atoms with Crippen LogP contribution in [-0.2, 0) is 0 Å². The number of piperidine rings is 1. The van der Waals surface area contributed by atoms with Gasteiger partial charge in [0.1, 0.15) is 0 Å². The predicted molar refractivity (Wildman–Crippen MR) is 70.7 cm³/mol. The summed E-state index contributed by atoms with van der Waals surface area (Å²) >= 11 is 0. The fraction of sp³-hybridized carbons (Fsp3) is 0.867. The average molecular weight is 232 g/mol. The Balaban J connectivity index is 1.38. The molecule has 3 aliphatic rings. The van der Waals surface area contributed by atoms with E-state index in [9.17, 15) is 0 Å². The summed E-state index contributed by atoms with van der Waals surface area (Å²) < 4.78 is 0. The molecule has 1 heterocycles. The molecule has 0 aromatic heterocycles. The lowest BCUT2D eigenvalue weighted by atomic mass is 9.98. The average Bonchev–Trinajstić information content (AvgIpc) is 3.21. The Bertz CT molecular complexity index is 301. The van der Waals surface area contributed by atoms with E-state index in [1.165, 1.54) is 58.2 Å². The van der Waals surface area contributed by atoms with Gasteiger partial charge in [-0.15, -0.1) is 6.42 Å². The van der Waals surface area contributed by atoms with Gasteiger partial charge in [-0.2, -0.15) is 0 Å². The van der Waals surface area contributed by atoms with E-state index in [0.717, 1.165) is 23.9 Å². The Labute approximate surface area is 105 Å². The van der Waals surface area contributed by atoms with Crippen molar-refractivity contribution in [3.63, 3.8) is 0 Å². The minimum Gasteiger partial charge on any atom is -0.313 e. The van der Waals surface area contributed by atoms with E-state index >= 15 is 0 Å². The van der Waals surface area contributed by atoms with Crippen LogP contribution < -0.4 is 5.32 Å². The van der Waals surface area contributed by atoms with E-state index in [-0.39, 0.29) is 0 Å². The number of nitrogens with one attached hydrogen (secondary N) is 1. The summed E-state index contributed by atoms with van der Waals surface area (Å²) in [7, 11) is 0. The van der Waals surface area contributed by atoms with Crippen LogP contribution in [0.1, 0.15) is 38.5 Å². The van der Waals surface area contributed by atoms with Gasteiger partial charge in [0.2, 0.25) is 0 Å². The van der Waals surface area contributed by atoms with Crippen molar-refractivity contribution < 1.29 is 0 Å². The van der Waals surface area contributed by atoms with Crippen molar-refractivity contribution in [2.75, 3.05) is 26.2 Å². The fourth-order valence-electron chi connectivity index (χ4n) is 3.36. The lowest BCUT2D eigenvalue weighted by Gasteiger charge is -2.32. The molecule has 0 aromatic rings. The number of terminal acetylenes is 1. The highest BCUT2D eigenvalue weighted by Gasteiger charge is 2.53. The molecule has 0 aromatic carbocycles. The molecule has 2 nitrogen and oxygen atoms in total. The highest BCUT2D eigenvalue weighted by atomic mass is 15.1. The molecular formula is C15H24N2. The summed E-state index contributed by atoms with van der Waals surface area (Å²) in [5.74, 6) is 3.83. The molecule has 3 rings (SSSR count). The molecule has 94 valence electrons. The maximum absolute atomic E-state index is 5.35. The number of nitrogens with zero attached hydrogens (tertiary/aromatic N) is 1. The molecule has 0 unspecified atom stereocenters. The van der Waals surface area contributed by atoms with Crippen LogP contribution in [0.4, 0.5) is 0 Å². The molecule has 17 heavy (non-hydrogen) atoms. The molecule has 2 aliphatic carbocycles. The molecule has 0 atom stereocenters. The Kier molecular flexibility index (Phi) is 3.15. The second-order valence-electron chi connectivity index (χ2n) is 6.27. The summed E-state index contributed by atoms with van der Waals surface area (Å²) in [6.45, 7) is 4.48. The van der Waals surface area contributed by atoms with Gasteiger partial charge in [-0.25, -0.2) is 0 Å². The van der Waals surface area contributed by atoms with Gasteiger partial charge >= 0.3 is 0 Å². The molecular weight excluding hydrogens is 208 g/mol. The van der Waals surface area contributed by atoms with Crippen molar-refractivity contribution in [3.05, 3.63) is 0 Å². The van der Waals surface area contributed by atoms with Crippen LogP contribution in [0.2, 0.25) is 0 Å². The first-order valence-corrected chi connectivity index (χ1v) is 7.22. The molecule has 1 saturated heterocycles. The third kappa shape index (κ3) is 2.67. The zero-order valence-electron chi connectivity index (χ0n) is 10.8. The summed E-state index contributed by atoms with van der Waals surface area (Å²) in [6.07, 6.45) is 13.9. The normalized spacial score (nSPS) is 28.9. The van der Waals surface area contributed by atoms with Gasteiger partial charge in [-0.3, -0.25) is 4.90 Å². The van der Waals surface area contributed by atoms with E-state index in [2.05, 4.69) is 16.1 Å². The van der Waals surface area contributed by atoms with Crippen molar-refractivity contribution >= 4 is 0 Å². The van der Waals surface area contributed by atoms with Gasteiger partial charge in [0.25, 0.3) is 0 Å². The van der Waals surface area contributed by atoms with Crippen LogP contribution in [0.15, 0.2) is 0 Å². The largest absolute Gasteiger partial charge is 0.313 e.